The molecule has 152 valence electrons. The molecular formula is C20H26N2O6. The summed E-state index contributed by atoms with van der Waals surface area (Å²) in [5, 5.41) is 3.75. The molecule has 0 radical (unpaired) electrons. The Hall–Kier alpha value is -2.74. The molecule has 1 saturated heterocycles. The molecule has 0 unspecified atom stereocenters. The van der Waals surface area contributed by atoms with E-state index in [1.54, 1.807) is 24.3 Å². The summed E-state index contributed by atoms with van der Waals surface area (Å²) < 4.78 is 27.9. The zero-order valence-corrected chi connectivity index (χ0v) is 16.6. The highest BCUT2D eigenvalue weighted by molar-refractivity contribution is 5.72. The molecule has 0 saturated carbocycles. The van der Waals surface area contributed by atoms with Gasteiger partial charge in [0, 0.05) is 12.6 Å². The van der Waals surface area contributed by atoms with Crippen molar-refractivity contribution in [2.24, 2.45) is 0 Å². The lowest BCUT2D eigenvalue weighted by molar-refractivity contribution is -0.0556. The fourth-order valence-corrected chi connectivity index (χ4v) is 2.88. The number of carbonyl (C=O) groups is 1. The molecule has 28 heavy (non-hydrogen) atoms. The fourth-order valence-electron chi connectivity index (χ4n) is 2.88. The Morgan fingerprint density at radius 1 is 1.29 bits per heavy atom. The summed E-state index contributed by atoms with van der Waals surface area (Å²) in [7, 11) is 1.59. The molecule has 0 aliphatic carbocycles. The lowest BCUT2D eigenvalue weighted by Crippen LogP contribution is -2.49. The molecule has 1 atom stereocenters. The van der Waals surface area contributed by atoms with Crippen molar-refractivity contribution < 1.29 is 28.3 Å². The number of hydrogen-bond donors (Lipinski definition) is 0. The van der Waals surface area contributed by atoms with Crippen molar-refractivity contribution in [3.05, 3.63) is 30.5 Å². The van der Waals surface area contributed by atoms with Crippen LogP contribution in [-0.2, 0) is 9.47 Å². The molecule has 3 rings (SSSR count). The van der Waals surface area contributed by atoms with E-state index < -0.39 is 5.60 Å². The highest BCUT2D eigenvalue weighted by Crippen LogP contribution is 2.38. The largest absolute Gasteiger partial charge is 0.496 e. The number of benzene rings is 1. The molecule has 1 aromatic carbocycles. The number of methoxy groups -OCH3 is 1. The van der Waals surface area contributed by atoms with Gasteiger partial charge in [-0.2, -0.15) is 0 Å². The SMILES string of the molecule is COc1cccc(OC[C@@H]2CN(C(=O)OC(C)(C)C)CCO2)c1-c1ccno1. The number of ether oxygens (including phenoxy) is 4. The first kappa shape index (κ1) is 20.0. The average molecular weight is 390 g/mol. The van der Waals surface area contributed by atoms with Crippen molar-refractivity contribution in [2.75, 3.05) is 33.4 Å². The van der Waals surface area contributed by atoms with Crippen molar-refractivity contribution >= 4 is 6.09 Å². The van der Waals surface area contributed by atoms with E-state index in [2.05, 4.69) is 5.16 Å². The summed E-state index contributed by atoms with van der Waals surface area (Å²) in [4.78, 5) is 13.9. The summed E-state index contributed by atoms with van der Waals surface area (Å²) in [5.41, 5.74) is 0.149. The first-order valence-electron chi connectivity index (χ1n) is 9.18. The van der Waals surface area contributed by atoms with Crippen LogP contribution in [0.3, 0.4) is 0 Å². The van der Waals surface area contributed by atoms with Crippen LogP contribution in [0.25, 0.3) is 11.3 Å². The second-order valence-corrected chi connectivity index (χ2v) is 7.44. The molecule has 0 bridgehead atoms. The van der Waals surface area contributed by atoms with Gasteiger partial charge in [0.1, 0.15) is 35.4 Å². The Morgan fingerprint density at radius 2 is 2.07 bits per heavy atom. The number of morpholine rings is 1. The first-order valence-corrected chi connectivity index (χ1v) is 9.18. The average Bonchev–Trinajstić information content (AvgIpc) is 3.19. The molecule has 0 spiro atoms. The van der Waals surface area contributed by atoms with Crippen LogP contribution in [0.1, 0.15) is 20.8 Å². The van der Waals surface area contributed by atoms with Gasteiger partial charge in [0.2, 0.25) is 0 Å². The van der Waals surface area contributed by atoms with E-state index in [0.717, 1.165) is 0 Å². The number of rotatable bonds is 5. The van der Waals surface area contributed by atoms with Crippen LogP contribution >= 0.6 is 0 Å². The van der Waals surface area contributed by atoms with Gasteiger partial charge in [0.15, 0.2) is 5.76 Å². The van der Waals surface area contributed by atoms with E-state index in [1.165, 1.54) is 0 Å². The normalized spacial score (nSPS) is 17.3. The molecule has 1 aromatic heterocycles. The summed E-state index contributed by atoms with van der Waals surface area (Å²) >= 11 is 0. The summed E-state index contributed by atoms with van der Waals surface area (Å²) in [6, 6.07) is 7.23. The van der Waals surface area contributed by atoms with Crippen LogP contribution in [0.15, 0.2) is 35.0 Å². The predicted octanol–water partition coefficient (Wildman–Crippen LogP) is 3.36. The molecule has 1 fully saturated rings. The molecule has 8 heteroatoms. The zero-order chi connectivity index (χ0) is 20.1. The van der Waals surface area contributed by atoms with Gasteiger partial charge in [-0.3, -0.25) is 0 Å². The van der Waals surface area contributed by atoms with E-state index in [4.69, 9.17) is 23.5 Å². The van der Waals surface area contributed by atoms with E-state index in [0.29, 0.717) is 42.5 Å². The quantitative estimate of drug-likeness (QED) is 0.774. The molecule has 2 aromatic rings. The van der Waals surface area contributed by atoms with E-state index in [9.17, 15) is 4.79 Å². The van der Waals surface area contributed by atoms with Gasteiger partial charge in [-0.1, -0.05) is 11.2 Å². The molecule has 0 N–H and O–H groups in total. The molecule has 1 aliphatic heterocycles. The zero-order valence-electron chi connectivity index (χ0n) is 16.6. The summed E-state index contributed by atoms with van der Waals surface area (Å²) in [6.07, 6.45) is 0.952. The lowest BCUT2D eigenvalue weighted by atomic mass is 10.1. The smallest absolute Gasteiger partial charge is 0.410 e. The Kier molecular flexibility index (Phi) is 6.08. The topological polar surface area (TPSA) is 83.3 Å². The summed E-state index contributed by atoms with van der Waals surface area (Å²) in [5.74, 6) is 1.76. The van der Waals surface area contributed by atoms with Crippen LogP contribution in [0.5, 0.6) is 11.5 Å². The third kappa shape index (κ3) is 4.95. The molecule has 1 amide bonds. The number of carbonyl (C=O) groups excluding carboxylic acids is 1. The number of hydrogen-bond acceptors (Lipinski definition) is 7. The number of amides is 1. The maximum atomic E-state index is 12.3. The minimum absolute atomic E-state index is 0.268. The van der Waals surface area contributed by atoms with E-state index in [1.807, 2.05) is 39.0 Å². The lowest BCUT2D eigenvalue weighted by Gasteiger charge is -2.34. The van der Waals surface area contributed by atoms with Gasteiger partial charge in [0.25, 0.3) is 0 Å². The third-order valence-corrected chi connectivity index (χ3v) is 4.11. The van der Waals surface area contributed by atoms with E-state index >= 15 is 0 Å². The predicted molar refractivity (Wildman–Crippen MR) is 102 cm³/mol. The van der Waals surface area contributed by atoms with Gasteiger partial charge >= 0.3 is 6.09 Å². The van der Waals surface area contributed by atoms with Crippen molar-refractivity contribution in [3.8, 4) is 22.8 Å². The van der Waals surface area contributed by atoms with Crippen LogP contribution in [0.4, 0.5) is 4.79 Å². The van der Waals surface area contributed by atoms with Crippen LogP contribution in [0.2, 0.25) is 0 Å². The molecular weight excluding hydrogens is 364 g/mol. The molecule has 2 heterocycles. The van der Waals surface area contributed by atoms with Crippen LogP contribution in [-0.4, -0.2) is 61.3 Å². The minimum atomic E-state index is -0.534. The van der Waals surface area contributed by atoms with Crippen molar-refractivity contribution in [1.29, 1.82) is 0 Å². The highest BCUT2D eigenvalue weighted by atomic mass is 16.6. The Bertz CT molecular complexity index is 784. The highest BCUT2D eigenvalue weighted by Gasteiger charge is 2.29. The number of nitrogens with zero attached hydrogens (tertiary/aromatic N) is 2. The first-order chi connectivity index (χ1) is 13.4. The maximum absolute atomic E-state index is 12.3. The standard InChI is InChI=1S/C20H26N2O6/c1-20(2,3)27-19(23)22-10-11-25-14(12-22)13-26-16-7-5-6-15(24-4)18(16)17-8-9-21-28-17/h5-9,14H,10-13H2,1-4H3/t14-/m0/s1. The van der Waals surface area contributed by atoms with Crippen molar-refractivity contribution in [1.82, 2.24) is 10.1 Å². The van der Waals surface area contributed by atoms with Crippen molar-refractivity contribution in [3.63, 3.8) is 0 Å². The summed E-state index contributed by atoms with van der Waals surface area (Å²) in [6.45, 7) is 7.14. The molecule has 8 nitrogen and oxygen atoms in total. The van der Waals surface area contributed by atoms with Gasteiger partial charge < -0.3 is 28.4 Å². The Labute approximate surface area is 164 Å². The molecule has 1 aliphatic rings. The second kappa shape index (κ2) is 8.52. The number of aromatic nitrogens is 1. The van der Waals surface area contributed by atoms with Crippen molar-refractivity contribution in [2.45, 2.75) is 32.5 Å². The third-order valence-electron chi connectivity index (χ3n) is 4.11. The second-order valence-electron chi connectivity index (χ2n) is 7.44. The van der Waals surface area contributed by atoms with Gasteiger partial charge in [-0.25, -0.2) is 4.79 Å². The Morgan fingerprint density at radius 3 is 2.75 bits per heavy atom. The monoisotopic (exact) mass is 390 g/mol. The van der Waals surface area contributed by atoms with E-state index in [-0.39, 0.29) is 18.8 Å². The maximum Gasteiger partial charge on any atom is 0.410 e. The fraction of sp³-hybridized carbons (Fsp3) is 0.500. The van der Waals surface area contributed by atoms with Crippen LogP contribution < -0.4 is 9.47 Å². The minimum Gasteiger partial charge on any atom is -0.496 e. The van der Waals surface area contributed by atoms with Crippen LogP contribution in [0, 0.1) is 0 Å². The van der Waals surface area contributed by atoms with Gasteiger partial charge in [-0.05, 0) is 32.9 Å². The Balaban J connectivity index is 1.67. The van der Waals surface area contributed by atoms with Gasteiger partial charge in [0.05, 0.1) is 26.5 Å². The van der Waals surface area contributed by atoms with Gasteiger partial charge in [-0.15, -0.1) is 0 Å².